The fourth-order valence-corrected chi connectivity index (χ4v) is 9.50. The van der Waals surface area contributed by atoms with Crippen molar-refractivity contribution in [3.05, 3.63) is 88.5 Å². The van der Waals surface area contributed by atoms with Crippen LogP contribution in [0.15, 0.2) is 71.8 Å². The molecule has 2 aliphatic carbocycles. The smallest absolute Gasteiger partial charge is 0.0710 e. The summed E-state index contributed by atoms with van der Waals surface area (Å²) in [6, 6.07) is 16.2. The zero-order valence-corrected chi connectivity index (χ0v) is 22.5. The van der Waals surface area contributed by atoms with E-state index in [1.54, 1.807) is 11.1 Å². The lowest BCUT2D eigenvalue weighted by Gasteiger charge is -2.36. The summed E-state index contributed by atoms with van der Waals surface area (Å²) < 4.78 is 0. The molecule has 2 aromatic carbocycles. The molecule has 4 rings (SSSR count). The summed E-state index contributed by atoms with van der Waals surface area (Å²) in [5.41, 5.74) is 11.7. The van der Waals surface area contributed by atoms with Gasteiger partial charge in [-0.2, -0.15) is 0 Å². The standard InChI is InChI=1S/C31H40Si/c1-21-19-28-26(22-13-15-23(16-14-22)30(2,3)4)11-10-12-27(28)29(21)32(8,9)25-18-17-24(20-25)31(5,6)7/h10-20,25,29H,1-9H3. The lowest BCUT2D eigenvalue weighted by Crippen LogP contribution is -2.38. The van der Waals surface area contributed by atoms with Gasteiger partial charge in [-0.25, -0.2) is 0 Å². The van der Waals surface area contributed by atoms with Crippen molar-refractivity contribution in [1.82, 2.24) is 0 Å². The molecule has 0 saturated heterocycles. The Labute approximate surface area is 197 Å². The first-order valence-corrected chi connectivity index (χ1v) is 15.3. The third-order valence-corrected chi connectivity index (χ3v) is 12.0. The SMILES string of the molecule is CC1=Cc2c(-c3ccc(C(C)(C)C)cc3)cccc2C1[Si](C)(C)C1C=CC(C(C)(C)C)=C1. The van der Waals surface area contributed by atoms with Crippen molar-refractivity contribution in [3.8, 4) is 11.1 Å². The number of fused-ring (bicyclic) bond motifs is 1. The second kappa shape index (κ2) is 7.73. The molecule has 0 bridgehead atoms. The summed E-state index contributed by atoms with van der Waals surface area (Å²) in [5, 5.41) is 0. The van der Waals surface area contributed by atoms with Crippen LogP contribution >= 0.6 is 0 Å². The maximum absolute atomic E-state index is 2.59. The van der Waals surface area contributed by atoms with Crippen molar-refractivity contribution in [2.45, 2.75) is 78.1 Å². The fraction of sp³-hybridized carbons (Fsp3) is 0.419. The average molecular weight is 441 g/mol. The van der Waals surface area contributed by atoms with E-state index >= 15 is 0 Å². The molecule has 0 radical (unpaired) electrons. The van der Waals surface area contributed by atoms with Crippen LogP contribution in [0.5, 0.6) is 0 Å². The molecular formula is C31H40Si. The summed E-state index contributed by atoms with van der Waals surface area (Å²) in [6.45, 7) is 21.4. The highest BCUT2D eigenvalue weighted by molar-refractivity contribution is 6.82. The molecule has 2 aromatic rings. The third-order valence-electron chi connectivity index (χ3n) is 7.65. The van der Waals surface area contributed by atoms with Crippen LogP contribution < -0.4 is 0 Å². The van der Waals surface area contributed by atoms with Gasteiger partial charge in [-0.15, -0.1) is 0 Å². The first-order chi connectivity index (χ1) is 14.8. The van der Waals surface area contributed by atoms with Crippen LogP contribution in [-0.4, -0.2) is 8.07 Å². The van der Waals surface area contributed by atoms with Gasteiger partial charge in [0.05, 0.1) is 8.07 Å². The Morgan fingerprint density at radius 2 is 1.47 bits per heavy atom. The van der Waals surface area contributed by atoms with Gasteiger partial charge in [-0.1, -0.05) is 127 Å². The van der Waals surface area contributed by atoms with Gasteiger partial charge in [0.25, 0.3) is 0 Å². The minimum absolute atomic E-state index is 0.183. The molecule has 0 amide bonds. The van der Waals surface area contributed by atoms with E-state index in [9.17, 15) is 0 Å². The maximum atomic E-state index is 2.59. The van der Waals surface area contributed by atoms with Gasteiger partial charge in [-0.3, -0.25) is 0 Å². The first-order valence-electron chi connectivity index (χ1n) is 12.1. The summed E-state index contributed by atoms with van der Waals surface area (Å²) in [6.07, 6.45) is 9.94. The molecule has 0 saturated carbocycles. The Morgan fingerprint density at radius 1 is 0.812 bits per heavy atom. The summed E-state index contributed by atoms with van der Waals surface area (Å²) in [5.74, 6) is 0. The second-order valence-corrected chi connectivity index (χ2v) is 17.4. The zero-order chi connectivity index (χ0) is 23.5. The van der Waals surface area contributed by atoms with Crippen LogP contribution in [0.4, 0.5) is 0 Å². The van der Waals surface area contributed by atoms with Crippen molar-refractivity contribution in [2.24, 2.45) is 5.41 Å². The minimum Gasteiger partial charge on any atom is -0.0800 e. The highest BCUT2D eigenvalue weighted by atomic mass is 28.3. The molecule has 2 aliphatic rings. The number of benzene rings is 2. The monoisotopic (exact) mass is 440 g/mol. The van der Waals surface area contributed by atoms with E-state index in [0.29, 0.717) is 11.1 Å². The van der Waals surface area contributed by atoms with Crippen LogP contribution in [0.3, 0.4) is 0 Å². The third kappa shape index (κ3) is 4.01. The van der Waals surface area contributed by atoms with Crippen molar-refractivity contribution < 1.29 is 0 Å². The fourth-order valence-electron chi connectivity index (χ4n) is 5.61. The Balaban J connectivity index is 1.72. The van der Waals surface area contributed by atoms with Crippen molar-refractivity contribution in [1.29, 1.82) is 0 Å². The molecule has 0 fully saturated rings. The lowest BCUT2D eigenvalue weighted by atomic mass is 9.86. The molecule has 0 heterocycles. The van der Waals surface area contributed by atoms with Crippen LogP contribution in [0.1, 0.15) is 70.7 Å². The average Bonchev–Trinajstić information content (AvgIpc) is 3.32. The van der Waals surface area contributed by atoms with Gasteiger partial charge < -0.3 is 0 Å². The number of rotatable bonds is 3. The van der Waals surface area contributed by atoms with Gasteiger partial charge >= 0.3 is 0 Å². The minimum atomic E-state index is -1.66. The molecule has 168 valence electrons. The summed E-state index contributed by atoms with van der Waals surface area (Å²) >= 11 is 0. The molecular weight excluding hydrogens is 400 g/mol. The Bertz CT molecular complexity index is 1110. The Hall–Kier alpha value is -2.12. The summed E-state index contributed by atoms with van der Waals surface area (Å²) in [7, 11) is -1.66. The van der Waals surface area contributed by atoms with Crippen LogP contribution in [0.2, 0.25) is 18.6 Å². The van der Waals surface area contributed by atoms with Crippen LogP contribution in [-0.2, 0) is 5.41 Å². The van der Waals surface area contributed by atoms with E-state index in [4.69, 9.17) is 0 Å². The van der Waals surface area contributed by atoms with Gasteiger partial charge in [0, 0.05) is 5.54 Å². The van der Waals surface area contributed by atoms with E-state index in [-0.39, 0.29) is 10.8 Å². The number of allylic oxidation sites excluding steroid dienone is 5. The molecule has 2 atom stereocenters. The Morgan fingerprint density at radius 3 is 2.03 bits per heavy atom. The Kier molecular flexibility index (Phi) is 5.57. The quantitative estimate of drug-likeness (QED) is 0.417. The van der Waals surface area contributed by atoms with E-state index in [2.05, 4.69) is 128 Å². The van der Waals surface area contributed by atoms with Crippen LogP contribution in [0.25, 0.3) is 17.2 Å². The molecule has 0 aliphatic heterocycles. The first kappa shape index (κ1) is 23.0. The molecule has 32 heavy (non-hydrogen) atoms. The molecule has 0 nitrogen and oxygen atoms in total. The molecule has 0 aromatic heterocycles. The van der Waals surface area contributed by atoms with Crippen molar-refractivity contribution >= 4 is 14.1 Å². The predicted octanol–water partition coefficient (Wildman–Crippen LogP) is 9.31. The van der Waals surface area contributed by atoms with Crippen molar-refractivity contribution in [2.75, 3.05) is 0 Å². The lowest BCUT2D eigenvalue weighted by molar-refractivity contribution is 0.517. The number of hydrogen-bond donors (Lipinski definition) is 0. The van der Waals surface area contributed by atoms with E-state index in [1.807, 2.05) is 0 Å². The predicted molar refractivity (Wildman–Crippen MR) is 145 cm³/mol. The largest absolute Gasteiger partial charge is 0.0800 e. The molecule has 0 spiro atoms. The van der Waals surface area contributed by atoms with Crippen LogP contribution in [0, 0.1) is 5.41 Å². The molecule has 0 N–H and O–H groups in total. The van der Waals surface area contributed by atoms with Gasteiger partial charge in [0.2, 0.25) is 0 Å². The normalized spacial score (nSPS) is 20.9. The zero-order valence-electron chi connectivity index (χ0n) is 21.5. The van der Waals surface area contributed by atoms with Gasteiger partial charge in [-0.05, 0) is 56.7 Å². The van der Waals surface area contributed by atoms with E-state index in [0.717, 1.165) is 0 Å². The molecule has 2 unspecified atom stereocenters. The van der Waals surface area contributed by atoms with E-state index in [1.165, 1.54) is 27.8 Å². The highest BCUT2D eigenvalue weighted by Crippen LogP contribution is 2.51. The molecule has 1 heteroatoms. The topological polar surface area (TPSA) is 0 Å². The maximum Gasteiger partial charge on any atom is 0.0710 e. The summed E-state index contributed by atoms with van der Waals surface area (Å²) in [4.78, 5) is 0. The van der Waals surface area contributed by atoms with Gasteiger partial charge in [0.15, 0.2) is 0 Å². The van der Waals surface area contributed by atoms with E-state index < -0.39 is 8.07 Å². The van der Waals surface area contributed by atoms with Gasteiger partial charge in [0.1, 0.15) is 0 Å². The second-order valence-electron chi connectivity index (χ2n) is 12.5. The highest BCUT2D eigenvalue weighted by Gasteiger charge is 2.43. The number of hydrogen-bond acceptors (Lipinski definition) is 0. The van der Waals surface area contributed by atoms with Crippen molar-refractivity contribution in [3.63, 3.8) is 0 Å².